The molecule has 3 nitrogen and oxygen atoms in total. The number of hydrogen-bond acceptors (Lipinski definition) is 2. The third-order valence-corrected chi connectivity index (χ3v) is 8.24. The minimum atomic E-state index is -0.919. The lowest BCUT2D eigenvalue weighted by Crippen LogP contribution is -2.48. The highest BCUT2D eigenvalue weighted by Crippen LogP contribution is 2.62. The van der Waals surface area contributed by atoms with E-state index in [1.165, 1.54) is 66.9 Å². The second-order valence-corrected chi connectivity index (χ2v) is 10.8. The van der Waals surface area contributed by atoms with Gasteiger partial charge >= 0.3 is 5.97 Å². The van der Waals surface area contributed by atoms with Crippen LogP contribution in [0.15, 0.2) is 54.1 Å². The van der Waals surface area contributed by atoms with Crippen molar-refractivity contribution in [3.8, 4) is 16.9 Å². The van der Waals surface area contributed by atoms with Crippen molar-refractivity contribution < 1.29 is 14.6 Å². The Labute approximate surface area is 197 Å². The van der Waals surface area contributed by atoms with E-state index in [1.54, 1.807) is 6.92 Å². The first-order valence-electron chi connectivity index (χ1n) is 12.2. The summed E-state index contributed by atoms with van der Waals surface area (Å²) in [7, 11) is 1.82. The highest BCUT2D eigenvalue weighted by Gasteiger charge is 2.52. The van der Waals surface area contributed by atoms with Gasteiger partial charge in [0.05, 0.1) is 7.11 Å². The Morgan fingerprint density at radius 1 is 1.06 bits per heavy atom. The summed E-state index contributed by atoms with van der Waals surface area (Å²) in [4.78, 5) is 10.9. The normalized spacial score (nSPS) is 28.5. The second-order valence-electron chi connectivity index (χ2n) is 10.8. The van der Waals surface area contributed by atoms with Crippen LogP contribution in [-0.4, -0.2) is 18.2 Å². The number of carboxylic acids is 1. The standard InChI is InChI=1S/C30H34O3/c1-19(9-29(31)32)7-8-21-5-4-6-25(14-21)26-15-27(28(33-3)10-20(26)2)30-16-22-11-23(17-30)13-24(12-22)18-30/h4-10,14-15,22-24H,11-13,16-18H2,1-3H3,(H,31,32). The number of allylic oxidation sites excluding steroid dienone is 2. The number of carbonyl (C=O) groups is 1. The summed E-state index contributed by atoms with van der Waals surface area (Å²) >= 11 is 0. The van der Waals surface area contributed by atoms with E-state index in [1.807, 2.05) is 19.3 Å². The molecule has 6 rings (SSSR count). The second kappa shape index (κ2) is 8.52. The number of aliphatic carboxylic acids is 1. The third-order valence-electron chi connectivity index (χ3n) is 8.24. The molecule has 0 aromatic heterocycles. The van der Waals surface area contributed by atoms with Crippen molar-refractivity contribution in [1.82, 2.24) is 0 Å². The molecule has 1 N–H and O–H groups in total. The van der Waals surface area contributed by atoms with E-state index in [0.29, 0.717) is 0 Å². The average Bonchev–Trinajstić information content (AvgIpc) is 2.76. The number of hydrogen-bond donors (Lipinski definition) is 1. The first-order chi connectivity index (χ1) is 15.8. The van der Waals surface area contributed by atoms with E-state index in [2.05, 4.69) is 43.3 Å². The van der Waals surface area contributed by atoms with Crippen molar-refractivity contribution in [2.45, 2.75) is 57.8 Å². The number of aryl methyl sites for hydroxylation is 1. The van der Waals surface area contributed by atoms with Crippen LogP contribution in [0.3, 0.4) is 0 Å². The maximum Gasteiger partial charge on any atom is 0.328 e. The Balaban J connectivity index is 1.53. The summed E-state index contributed by atoms with van der Waals surface area (Å²) in [6.45, 7) is 3.98. The smallest absolute Gasteiger partial charge is 0.328 e. The lowest BCUT2D eigenvalue weighted by atomic mass is 9.48. The number of methoxy groups -OCH3 is 1. The monoisotopic (exact) mass is 442 g/mol. The van der Waals surface area contributed by atoms with Gasteiger partial charge in [0, 0.05) is 11.6 Å². The SMILES string of the molecule is COc1cc(C)c(-c2cccc(C=CC(C)=CC(=O)O)c2)cc1C12CC3CC(CC(C3)C1)C2. The van der Waals surface area contributed by atoms with Crippen LogP contribution in [-0.2, 0) is 10.2 Å². The van der Waals surface area contributed by atoms with Crippen LogP contribution in [0.1, 0.15) is 62.1 Å². The Morgan fingerprint density at radius 3 is 2.33 bits per heavy atom. The van der Waals surface area contributed by atoms with E-state index in [0.717, 1.165) is 34.6 Å². The fourth-order valence-electron chi connectivity index (χ4n) is 7.30. The largest absolute Gasteiger partial charge is 0.496 e. The molecule has 3 heteroatoms. The summed E-state index contributed by atoms with van der Waals surface area (Å²) < 4.78 is 5.96. The molecule has 2 aromatic carbocycles. The lowest BCUT2D eigenvalue weighted by molar-refractivity contribution is -0.131. The fraction of sp³-hybridized carbons (Fsp3) is 0.433. The minimum Gasteiger partial charge on any atom is -0.496 e. The molecular weight excluding hydrogens is 408 g/mol. The first-order valence-corrected chi connectivity index (χ1v) is 12.2. The first kappa shape index (κ1) is 22.0. The van der Waals surface area contributed by atoms with E-state index in [4.69, 9.17) is 9.84 Å². The Morgan fingerprint density at radius 2 is 1.73 bits per heavy atom. The third kappa shape index (κ3) is 4.26. The van der Waals surface area contributed by atoms with Gasteiger partial charge in [-0.2, -0.15) is 0 Å². The molecule has 0 unspecified atom stereocenters. The van der Waals surface area contributed by atoms with Crippen molar-refractivity contribution in [3.63, 3.8) is 0 Å². The van der Waals surface area contributed by atoms with E-state index in [-0.39, 0.29) is 5.41 Å². The molecule has 4 saturated carbocycles. The Hall–Kier alpha value is -2.81. The molecule has 0 heterocycles. The molecule has 0 atom stereocenters. The van der Waals surface area contributed by atoms with Gasteiger partial charge in [-0.3, -0.25) is 0 Å². The van der Waals surface area contributed by atoms with Gasteiger partial charge in [0.1, 0.15) is 5.75 Å². The van der Waals surface area contributed by atoms with E-state index in [9.17, 15) is 4.79 Å². The van der Waals surface area contributed by atoms with Crippen molar-refractivity contribution in [2.75, 3.05) is 7.11 Å². The maximum atomic E-state index is 10.9. The Bertz CT molecular complexity index is 1100. The highest BCUT2D eigenvalue weighted by molar-refractivity contribution is 5.81. The minimum absolute atomic E-state index is 0.277. The summed E-state index contributed by atoms with van der Waals surface area (Å²) in [5.41, 5.74) is 7.18. The van der Waals surface area contributed by atoms with Crippen molar-refractivity contribution >= 4 is 12.0 Å². The summed E-state index contributed by atoms with van der Waals surface area (Å²) in [5.74, 6) is 2.81. The molecule has 172 valence electrons. The van der Waals surface area contributed by atoms with Crippen LogP contribution >= 0.6 is 0 Å². The molecule has 0 radical (unpaired) electrons. The zero-order valence-corrected chi connectivity index (χ0v) is 19.9. The van der Waals surface area contributed by atoms with Crippen LogP contribution in [0.5, 0.6) is 5.75 Å². The quantitative estimate of drug-likeness (QED) is 0.381. The predicted molar refractivity (Wildman–Crippen MR) is 133 cm³/mol. The number of benzene rings is 2. The van der Waals surface area contributed by atoms with Gasteiger partial charge in [0.2, 0.25) is 0 Å². The van der Waals surface area contributed by atoms with Crippen molar-refractivity contribution in [3.05, 3.63) is 70.8 Å². The predicted octanol–water partition coefficient (Wildman–Crippen LogP) is 7.18. The highest BCUT2D eigenvalue weighted by atomic mass is 16.5. The lowest BCUT2D eigenvalue weighted by Gasteiger charge is -2.57. The van der Waals surface area contributed by atoms with Gasteiger partial charge in [-0.1, -0.05) is 30.4 Å². The molecule has 0 aliphatic heterocycles. The molecule has 4 fully saturated rings. The van der Waals surface area contributed by atoms with Gasteiger partial charge in [0.15, 0.2) is 0 Å². The van der Waals surface area contributed by atoms with Crippen LogP contribution in [0.2, 0.25) is 0 Å². The van der Waals surface area contributed by atoms with Crippen LogP contribution in [0.4, 0.5) is 0 Å². The zero-order chi connectivity index (χ0) is 23.2. The zero-order valence-electron chi connectivity index (χ0n) is 19.9. The molecule has 0 saturated heterocycles. The summed E-state index contributed by atoms with van der Waals surface area (Å²) in [6, 6.07) is 13.2. The van der Waals surface area contributed by atoms with Gasteiger partial charge in [-0.15, -0.1) is 0 Å². The van der Waals surface area contributed by atoms with Crippen molar-refractivity contribution in [2.24, 2.45) is 17.8 Å². The maximum absolute atomic E-state index is 10.9. The number of rotatable bonds is 6. The Kier molecular flexibility index (Phi) is 5.68. The average molecular weight is 443 g/mol. The molecule has 4 aliphatic carbocycles. The molecule has 33 heavy (non-hydrogen) atoms. The summed E-state index contributed by atoms with van der Waals surface area (Å²) in [6.07, 6.45) is 13.3. The van der Waals surface area contributed by atoms with Crippen LogP contribution < -0.4 is 4.74 Å². The molecule has 0 amide bonds. The molecule has 0 spiro atoms. The van der Waals surface area contributed by atoms with Gasteiger partial charge < -0.3 is 9.84 Å². The molecule has 2 aromatic rings. The summed E-state index contributed by atoms with van der Waals surface area (Å²) in [5, 5.41) is 8.94. The molecule has 4 bridgehead atoms. The van der Waals surface area contributed by atoms with Crippen molar-refractivity contribution in [1.29, 1.82) is 0 Å². The van der Waals surface area contributed by atoms with E-state index >= 15 is 0 Å². The van der Waals surface area contributed by atoms with E-state index < -0.39 is 5.97 Å². The molecular formula is C30H34O3. The molecule has 4 aliphatic rings. The topological polar surface area (TPSA) is 46.5 Å². The van der Waals surface area contributed by atoms with Gasteiger partial charge in [-0.05, 0) is 122 Å². The number of carboxylic acid groups (broad SMARTS) is 1. The fourth-order valence-corrected chi connectivity index (χ4v) is 7.30. The van der Waals surface area contributed by atoms with Crippen LogP contribution in [0.25, 0.3) is 17.2 Å². The van der Waals surface area contributed by atoms with Crippen LogP contribution in [0, 0.1) is 24.7 Å². The van der Waals surface area contributed by atoms with Gasteiger partial charge in [-0.25, -0.2) is 4.79 Å². The van der Waals surface area contributed by atoms with Gasteiger partial charge in [0.25, 0.3) is 0 Å². The number of ether oxygens (including phenoxy) is 1.